The van der Waals surface area contributed by atoms with Gasteiger partial charge in [-0.1, -0.05) is 18.2 Å². The normalized spacial score (nSPS) is 12.9. The number of phenolic OH excluding ortho intramolecular Hbond substituents is 3. The molecule has 0 spiro atoms. The van der Waals surface area contributed by atoms with Crippen molar-refractivity contribution >= 4 is 11.7 Å². The summed E-state index contributed by atoms with van der Waals surface area (Å²) in [5.74, 6) is -1.70. The number of phenols is 3. The molecule has 0 heterocycles. The number of hydrogen-bond donors (Lipinski definition) is 4. The fourth-order valence-corrected chi connectivity index (χ4v) is 2.07. The van der Waals surface area contributed by atoms with Gasteiger partial charge in [-0.2, -0.15) is 0 Å². The second-order valence-corrected chi connectivity index (χ2v) is 4.72. The quantitative estimate of drug-likeness (QED) is 0.648. The molecule has 2 aromatic carbocycles. The monoisotopic (exact) mass is 301 g/mol. The Kier molecular flexibility index (Phi) is 4.31. The van der Waals surface area contributed by atoms with Crippen molar-refractivity contribution in [3.05, 3.63) is 53.6 Å². The van der Waals surface area contributed by atoms with Crippen LogP contribution in [0, 0.1) is 0 Å². The lowest BCUT2D eigenvalue weighted by Gasteiger charge is -2.12. The molecule has 0 aliphatic carbocycles. The number of nitrogens with zero attached hydrogens (tertiary/aromatic N) is 1. The number of aliphatic imine (C=N–C) groups is 1. The van der Waals surface area contributed by atoms with Gasteiger partial charge in [0.25, 0.3) is 0 Å². The summed E-state index contributed by atoms with van der Waals surface area (Å²) in [6, 6.07) is 8.69. The first-order chi connectivity index (χ1) is 10.4. The van der Waals surface area contributed by atoms with Gasteiger partial charge in [-0.3, -0.25) is 4.99 Å². The van der Waals surface area contributed by atoms with E-state index in [0.29, 0.717) is 5.56 Å². The zero-order valence-corrected chi connectivity index (χ0v) is 11.8. The molecule has 0 fully saturated rings. The van der Waals surface area contributed by atoms with Gasteiger partial charge in [0.15, 0.2) is 6.04 Å². The van der Waals surface area contributed by atoms with Crippen LogP contribution in [0.3, 0.4) is 0 Å². The Morgan fingerprint density at radius 1 is 1.05 bits per heavy atom. The van der Waals surface area contributed by atoms with Crippen LogP contribution in [-0.2, 0) is 4.79 Å². The molecule has 2 rings (SSSR count). The van der Waals surface area contributed by atoms with E-state index in [2.05, 4.69) is 4.99 Å². The summed E-state index contributed by atoms with van der Waals surface area (Å²) < 4.78 is 0. The zero-order valence-electron chi connectivity index (χ0n) is 11.8. The minimum atomic E-state index is -1.30. The Balaban J connectivity index is 2.46. The van der Waals surface area contributed by atoms with Gasteiger partial charge in [-0.15, -0.1) is 0 Å². The van der Waals surface area contributed by atoms with Crippen molar-refractivity contribution in [1.82, 2.24) is 0 Å². The first-order valence-corrected chi connectivity index (χ1v) is 6.47. The highest BCUT2D eigenvalue weighted by Crippen LogP contribution is 2.29. The number of aromatic hydroxyl groups is 3. The van der Waals surface area contributed by atoms with E-state index in [1.54, 1.807) is 19.1 Å². The Labute approximate surface area is 126 Å². The lowest BCUT2D eigenvalue weighted by atomic mass is 10.0. The number of aliphatic carboxylic acids is 1. The van der Waals surface area contributed by atoms with Gasteiger partial charge >= 0.3 is 5.97 Å². The van der Waals surface area contributed by atoms with Crippen LogP contribution in [0.5, 0.6) is 17.2 Å². The van der Waals surface area contributed by atoms with Crippen LogP contribution < -0.4 is 0 Å². The average Bonchev–Trinajstić information content (AvgIpc) is 2.45. The molecule has 0 aliphatic heterocycles. The summed E-state index contributed by atoms with van der Waals surface area (Å²) in [5, 5.41) is 38.2. The minimum absolute atomic E-state index is 0.107. The molecule has 0 amide bonds. The van der Waals surface area contributed by atoms with E-state index in [0.717, 1.165) is 6.07 Å². The highest BCUT2D eigenvalue weighted by Gasteiger charge is 2.22. The first kappa shape index (κ1) is 15.4. The smallest absolute Gasteiger partial charge is 0.333 e. The Morgan fingerprint density at radius 2 is 1.73 bits per heavy atom. The molecule has 22 heavy (non-hydrogen) atoms. The van der Waals surface area contributed by atoms with Gasteiger partial charge in [-0.25, -0.2) is 4.79 Å². The molecule has 0 aliphatic rings. The lowest BCUT2D eigenvalue weighted by molar-refractivity contribution is -0.138. The summed E-state index contributed by atoms with van der Waals surface area (Å²) in [6.45, 7) is 1.54. The third kappa shape index (κ3) is 3.17. The largest absolute Gasteiger partial charge is 0.508 e. The van der Waals surface area contributed by atoms with Crippen molar-refractivity contribution in [1.29, 1.82) is 0 Å². The van der Waals surface area contributed by atoms with Gasteiger partial charge < -0.3 is 20.4 Å². The van der Waals surface area contributed by atoms with Crippen LogP contribution in [0.4, 0.5) is 0 Å². The molecular formula is C16H15NO5. The standard InChI is InChI=1S/C16H15NO5/c1-9(11-7-6-10(18)8-14(11)20)17-15(16(21)22)12-4-2-3-5-13(12)19/h2-8,15,18-20H,1H3,(H,21,22)/b17-9+. The number of carbonyl (C=O) groups is 1. The van der Waals surface area contributed by atoms with Gasteiger partial charge in [0.2, 0.25) is 0 Å². The number of hydrogen-bond acceptors (Lipinski definition) is 5. The highest BCUT2D eigenvalue weighted by atomic mass is 16.4. The van der Waals surface area contributed by atoms with Crippen molar-refractivity contribution in [2.24, 2.45) is 4.99 Å². The maximum absolute atomic E-state index is 11.4. The van der Waals surface area contributed by atoms with Gasteiger partial charge in [0, 0.05) is 22.9 Å². The van der Waals surface area contributed by atoms with E-state index in [1.165, 1.54) is 24.3 Å². The second kappa shape index (κ2) is 6.17. The molecule has 1 unspecified atom stereocenters. The molecular weight excluding hydrogens is 286 g/mol. The van der Waals surface area contributed by atoms with Crippen LogP contribution in [0.25, 0.3) is 0 Å². The molecule has 0 radical (unpaired) electrons. The molecule has 1 atom stereocenters. The molecule has 6 nitrogen and oxygen atoms in total. The van der Waals surface area contributed by atoms with E-state index < -0.39 is 12.0 Å². The Hall–Kier alpha value is -3.02. The third-order valence-electron chi connectivity index (χ3n) is 3.16. The Bertz CT molecular complexity index is 739. The number of carboxylic acids is 1. The van der Waals surface area contributed by atoms with Crippen molar-refractivity contribution < 1.29 is 25.2 Å². The van der Waals surface area contributed by atoms with Crippen molar-refractivity contribution in [2.45, 2.75) is 13.0 Å². The molecule has 114 valence electrons. The highest BCUT2D eigenvalue weighted by molar-refractivity contribution is 6.02. The van der Waals surface area contributed by atoms with Gasteiger partial charge in [0.05, 0.1) is 0 Å². The molecule has 0 saturated carbocycles. The summed E-state index contributed by atoms with van der Waals surface area (Å²) in [5.41, 5.74) is 0.736. The SMILES string of the molecule is C/C(=N\C(C(=O)O)c1ccccc1O)c1ccc(O)cc1O. The molecule has 0 bridgehead atoms. The summed E-state index contributed by atoms with van der Waals surface area (Å²) in [6.07, 6.45) is 0. The number of rotatable bonds is 4. The lowest BCUT2D eigenvalue weighted by Crippen LogP contribution is -2.12. The van der Waals surface area contributed by atoms with E-state index in [-0.39, 0.29) is 28.5 Å². The van der Waals surface area contributed by atoms with E-state index in [9.17, 15) is 25.2 Å². The van der Waals surface area contributed by atoms with Gasteiger partial charge in [0.1, 0.15) is 17.2 Å². The van der Waals surface area contributed by atoms with Crippen LogP contribution >= 0.6 is 0 Å². The fourth-order valence-electron chi connectivity index (χ4n) is 2.07. The maximum Gasteiger partial charge on any atom is 0.333 e. The summed E-state index contributed by atoms with van der Waals surface area (Å²) in [7, 11) is 0. The third-order valence-corrected chi connectivity index (χ3v) is 3.16. The van der Waals surface area contributed by atoms with Crippen LogP contribution in [0.2, 0.25) is 0 Å². The molecule has 2 aromatic rings. The summed E-state index contributed by atoms with van der Waals surface area (Å²) >= 11 is 0. The predicted octanol–water partition coefficient (Wildman–Crippen LogP) is 2.44. The van der Waals surface area contributed by atoms with Crippen molar-refractivity contribution in [2.75, 3.05) is 0 Å². The average molecular weight is 301 g/mol. The zero-order chi connectivity index (χ0) is 16.3. The number of benzene rings is 2. The van der Waals surface area contributed by atoms with Crippen molar-refractivity contribution in [3.63, 3.8) is 0 Å². The molecule has 6 heteroatoms. The number of carboxylic acid groups (broad SMARTS) is 1. The second-order valence-electron chi connectivity index (χ2n) is 4.72. The number of para-hydroxylation sites is 1. The molecule has 0 aromatic heterocycles. The van der Waals surface area contributed by atoms with Crippen molar-refractivity contribution in [3.8, 4) is 17.2 Å². The minimum Gasteiger partial charge on any atom is -0.508 e. The molecule has 4 N–H and O–H groups in total. The van der Waals surface area contributed by atoms with E-state index >= 15 is 0 Å². The van der Waals surface area contributed by atoms with Crippen LogP contribution in [0.1, 0.15) is 24.1 Å². The molecule has 0 saturated heterocycles. The van der Waals surface area contributed by atoms with E-state index in [1.807, 2.05) is 0 Å². The first-order valence-electron chi connectivity index (χ1n) is 6.47. The van der Waals surface area contributed by atoms with Crippen LogP contribution in [0.15, 0.2) is 47.5 Å². The Morgan fingerprint density at radius 3 is 2.32 bits per heavy atom. The summed E-state index contributed by atoms with van der Waals surface area (Å²) in [4.78, 5) is 15.5. The predicted molar refractivity (Wildman–Crippen MR) is 80.5 cm³/mol. The fraction of sp³-hybridized carbons (Fsp3) is 0.125. The maximum atomic E-state index is 11.4. The van der Waals surface area contributed by atoms with E-state index in [4.69, 9.17) is 0 Å². The van der Waals surface area contributed by atoms with Gasteiger partial charge in [-0.05, 0) is 25.1 Å². The topological polar surface area (TPSA) is 110 Å². The van der Waals surface area contributed by atoms with Crippen LogP contribution in [-0.4, -0.2) is 32.1 Å².